The molecule has 78 valence electrons. The standard InChI is InChI=1S/C10H18N4/c1-7(2)8(3)14(4)10-12-6-5-9(11)13-10/h5-8H,1-4H3,(H2,11,12,13). The molecule has 0 amide bonds. The zero-order chi connectivity index (χ0) is 10.7. The van der Waals surface area contributed by atoms with Crippen LogP contribution in [0.3, 0.4) is 0 Å². The van der Waals surface area contributed by atoms with Gasteiger partial charge >= 0.3 is 0 Å². The average Bonchev–Trinajstić information content (AvgIpc) is 2.15. The number of aromatic nitrogens is 2. The van der Waals surface area contributed by atoms with Gasteiger partial charge in [0.1, 0.15) is 5.82 Å². The van der Waals surface area contributed by atoms with Crippen LogP contribution in [-0.2, 0) is 0 Å². The lowest BCUT2D eigenvalue weighted by atomic mass is 10.1. The number of anilines is 2. The largest absolute Gasteiger partial charge is 0.384 e. The summed E-state index contributed by atoms with van der Waals surface area (Å²) in [5.74, 6) is 1.76. The van der Waals surface area contributed by atoms with E-state index in [0.29, 0.717) is 23.7 Å². The van der Waals surface area contributed by atoms with Gasteiger partial charge in [0.05, 0.1) is 0 Å². The van der Waals surface area contributed by atoms with Crippen molar-refractivity contribution in [3.05, 3.63) is 12.3 Å². The first kappa shape index (κ1) is 10.8. The molecule has 0 aliphatic rings. The van der Waals surface area contributed by atoms with Crippen LogP contribution in [0.2, 0.25) is 0 Å². The number of rotatable bonds is 3. The molecule has 1 rings (SSSR count). The van der Waals surface area contributed by atoms with Crippen LogP contribution in [0.1, 0.15) is 20.8 Å². The SMILES string of the molecule is CC(C)C(C)N(C)c1nccc(N)n1. The minimum absolute atomic E-state index is 0.400. The molecular weight excluding hydrogens is 176 g/mol. The molecule has 1 unspecified atom stereocenters. The van der Waals surface area contributed by atoms with Crippen LogP contribution in [0.25, 0.3) is 0 Å². The summed E-state index contributed by atoms with van der Waals surface area (Å²) in [5.41, 5.74) is 5.59. The highest BCUT2D eigenvalue weighted by atomic mass is 15.3. The number of nitrogens with two attached hydrogens (primary N) is 1. The van der Waals surface area contributed by atoms with Crippen molar-refractivity contribution in [2.24, 2.45) is 5.92 Å². The van der Waals surface area contributed by atoms with E-state index >= 15 is 0 Å². The smallest absolute Gasteiger partial charge is 0.227 e. The molecule has 1 atom stereocenters. The molecule has 0 aliphatic heterocycles. The molecule has 0 saturated heterocycles. The molecule has 0 radical (unpaired) electrons. The van der Waals surface area contributed by atoms with Crippen molar-refractivity contribution >= 4 is 11.8 Å². The molecule has 14 heavy (non-hydrogen) atoms. The Morgan fingerprint density at radius 1 is 1.36 bits per heavy atom. The zero-order valence-corrected chi connectivity index (χ0v) is 9.23. The summed E-state index contributed by atoms with van der Waals surface area (Å²) in [5, 5.41) is 0. The second-order valence-corrected chi connectivity index (χ2v) is 3.88. The molecule has 0 saturated carbocycles. The fourth-order valence-electron chi connectivity index (χ4n) is 1.16. The summed E-state index contributed by atoms with van der Waals surface area (Å²) >= 11 is 0. The van der Waals surface area contributed by atoms with Crippen LogP contribution in [0, 0.1) is 5.92 Å². The normalized spacial score (nSPS) is 12.9. The maximum absolute atomic E-state index is 5.59. The Labute approximate surface area is 85.2 Å². The van der Waals surface area contributed by atoms with Crippen molar-refractivity contribution in [2.75, 3.05) is 17.7 Å². The van der Waals surface area contributed by atoms with Crippen LogP contribution >= 0.6 is 0 Å². The minimum Gasteiger partial charge on any atom is -0.384 e. The molecule has 0 fully saturated rings. The summed E-state index contributed by atoms with van der Waals surface area (Å²) in [7, 11) is 1.99. The van der Waals surface area contributed by atoms with Gasteiger partial charge in [-0.25, -0.2) is 4.98 Å². The summed E-state index contributed by atoms with van der Waals surface area (Å²) in [6, 6.07) is 2.09. The van der Waals surface area contributed by atoms with Gasteiger partial charge in [0.15, 0.2) is 0 Å². The number of hydrogen-bond donors (Lipinski definition) is 1. The molecule has 0 aromatic carbocycles. The third-order valence-electron chi connectivity index (χ3n) is 2.56. The van der Waals surface area contributed by atoms with Crippen LogP contribution in [0.5, 0.6) is 0 Å². The first-order valence-electron chi connectivity index (χ1n) is 4.83. The van der Waals surface area contributed by atoms with Crippen molar-refractivity contribution < 1.29 is 0 Å². The van der Waals surface area contributed by atoms with E-state index in [2.05, 4.69) is 30.7 Å². The highest BCUT2D eigenvalue weighted by Crippen LogP contribution is 2.14. The van der Waals surface area contributed by atoms with Gasteiger partial charge in [-0.3, -0.25) is 0 Å². The highest BCUT2D eigenvalue weighted by Gasteiger charge is 2.15. The lowest BCUT2D eigenvalue weighted by Crippen LogP contribution is -2.34. The first-order valence-corrected chi connectivity index (χ1v) is 4.83. The number of nitrogen functional groups attached to an aromatic ring is 1. The Morgan fingerprint density at radius 2 is 2.00 bits per heavy atom. The van der Waals surface area contributed by atoms with E-state index in [1.165, 1.54) is 0 Å². The predicted octanol–water partition coefficient (Wildman–Crippen LogP) is 1.54. The number of hydrogen-bond acceptors (Lipinski definition) is 4. The van der Waals surface area contributed by atoms with Gasteiger partial charge in [-0.1, -0.05) is 13.8 Å². The maximum atomic E-state index is 5.59. The third-order valence-corrected chi connectivity index (χ3v) is 2.56. The maximum Gasteiger partial charge on any atom is 0.227 e. The number of nitrogens with zero attached hydrogens (tertiary/aromatic N) is 3. The van der Waals surface area contributed by atoms with Crippen molar-refractivity contribution in [1.82, 2.24) is 9.97 Å². The van der Waals surface area contributed by atoms with Gasteiger partial charge in [-0.05, 0) is 18.9 Å². The molecule has 4 nitrogen and oxygen atoms in total. The predicted molar refractivity (Wildman–Crippen MR) is 59.1 cm³/mol. The van der Waals surface area contributed by atoms with Gasteiger partial charge in [0, 0.05) is 19.3 Å². The molecule has 0 spiro atoms. The summed E-state index contributed by atoms with van der Waals surface area (Å²) < 4.78 is 0. The minimum atomic E-state index is 0.400. The molecule has 1 aromatic heterocycles. The molecular formula is C10H18N4. The second kappa shape index (κ2) is 4.26. The molecule has 0 aliphatic carbocycles. The van der Waals surface area contributed by atoms with Gasteiger partial charge in [0.2, 0.25) is 5.95 Å². The van der Waals surface area contributed by atoms with Crippen molar-refractivity contribution in [2.45, 2.75) is 26.8 Å². The fraction of sp³-hybridized carbons (Fsp3) is 0.600. The van der Waals surface area contributed by atoms with Gasteiger partial charge < -0.3 is 10.6 Å². The Bertz CT molecular complexity index is 298. The Balaban J connectivity index is 2.83. The molecule has 2 N–H and O–H groups in total. The Kier molecular flexibility index (Phi) is 3.28. The lowest BCUT2D eigenvalue weighted by molar-refractivity contribution is 0.499. The quantitative estimate of drug-likeness (QED) is 0.793. The van der Waals surface area contributed by atoms with Crippen molar-refractivity contribution in [3.8, 4) is 0 Å². The van der Waals surface area contributed by atoms with E-state index in [1.54, 1.807) is 12.3 Å². The highest BCUT2D eigenvalue weighted by molar-refractivity contribution is 5.37. The summed E-state index contributed by atoms with van der Waals surface area (Å²) in [4.78, 5) is 10.4. The first-order chi connectivity index (χ1) is 6.52. The molecule has 1 aromatic rings. The Hall–Kier alpha value is -1.32. The van der Waals surface area contributed by atoms with Gasteiger partial charge in [0.25, 0.3) is 0 Å². The van der Waals surface area contributed by atoms with E-state index in [0.717, 1.165) is 0 Å². The van der Waals surface area contributed by atoms with Crippen molar-refractivity contribution in [3.63, 3.8) is 0 Å². The second-order valence-electron chi connectivity index (χ2n) is 3.88. The summed E-state index contributed by atoms with van der Waals surface area (Å²) in [6.45, 7) is 6.50. The summed E-state index contributed by atoms with van der Waals surface area (Å²) in [6.07, 6.45) is 1.68. The van der Waals surface area contributed by atoms with Crippen LogP contribution < -0.4 is 10.6 Å². The average molecular weight is 194 g/mol. The zero-order valence-electron chi connectivity index (χ0n) is 9.23. The molecule has 4 heteroatoms. The van der Waals surface area contributed by atoms with Crippen LogP contribution in [-0.4, -0.2) is 23.1 Å². The lowest BCUT2D eigenvalue weighted by Gasteiger charge is -2.27. The van der Waals surface area contributed by atoms with E-state index < -0.39 is 0 Å². The Morgan fingerprint density at radius 3 is 2.50 bits per heavy atom. The van der Waals surface area contributed by atoms with Crippen LogP contribution in [0.4, 0.5) is 11.8 Å². The van der Waals surface area contributed by atoms with Crippen LogP contribution in [0.15, 0.2) is 12.3 Å². The third kappa shape index (κ3) is 2.34. The topological polar surface area (TPSA) is 55.0 Å². The van der Waals surface area contributed by atoms with Gasteiger partial charge in [-0.2, -0.15) is 4.98 Å². The van der Waals surface area contributed by atoms with E-state index in [9.17, 15) is 0 Å². The van der Waals surface area contributed by atoms with E-state index in [1.807, 2.05) is 11.9 Å². The van der Waals surface area contributed by atoms with Gasteiger partial charge in [-0.15, -0.1) is 0 Å². The van der Waals surface area contributed by atoms with E-state index in [4.69, 9.17) is 5.73 Å². The fourth-order valence-corrected chi connectivity index (χ4v) is 1.16. The monoisotopic (exact) mass is 194 g/mol. The van der Waals surface area contributed by atoms with E-state index in [-0.39, 0.29) is 0 Å². The molecule has 1 heterocycles. The molecule has 0 bridgehead atoms. The van der Waals surface area contributed by atoms with Crippen molar-refractivity contribution in [1.29, 1.82) is 0 Å².